The number of carboxylic acids is 1. The number of aromatic carboxylic acids is 1. The standard InChI is InChI=1S/C19H29N3O2/c1-12-14(6-5-7-20)15-10-13(19(2,3)4)11-16(18(23)24)17(15)22(12)9-8-21/h10-11H,5-9,20-21H2,1-4H3,(H,23,24). The molecule has 5 nitrogen and oxygen atoms in total. The molecular formula is C19H29N3O2. The lowest BCUT2D eigenvalue weighted by atomic mass is 9.84. The van der Waals surface area contributed by atoms with Crippen LogP contribution in [0, 0.1) is 6.92 Å². The first-order chi connectivity index (χ1) is 11.2. The molecule has 1 aromatic heterocycles. The van der Waals surface area contributed by atoms with Crippen molar-refractivity contribution in [3.8, 4) is 0 Å². The van der Waals surface area contributed by atoms with Crippen molar-refractivity contribution in [1.29, 1.82) is 0 Å². The molecule has 5 heteroatoms. The molecule has 24 heavy (non-hydrogen) atoms. The highest BCUT2D eigenvalue weighted by Gasteiger charge is 2.24. The quantitative estimate of drug-likeness (QED) is 0.758. The zero-order chi connectivity index (χ0) is 18.1. The lowest BCUT2D eigenvalue weighted by molar-refractivity contribution is 0.0698. The maximum Gasteiger partial charge on any atom is 0.337 e. The molecule has 0 aliphatic heterocycles. The average molecular weight is 331 g/mol. The first-order valence-corrected chi connectivity index (χ1v) is 8.52. The molecule has 0 atom stereocenters. The maximum absolute atomic E-state index is 11.9. The Morgan fingerprint density at radius 2 is 1.88 bits per heavy atom. The van der Waals surface area contributed by atoms with E-state index < -0.39 is 5.97 Å². The predicted octanol–water partition coefficient (Wildman–Crippen LogP) is 2.80. The first-order valence-electron chi connectivity index (χ1n) is 8.52. The van der Waals surface area contributed by atoms with Gasteiger partial charge >= 0.3 is 5.97 Å². The summed E-state index contributed by atoms with van der Waals surface area (Å²) in [5.41, 5.74) is 15.8. The Bertz CT molecular complexity index is 754. The fourth-order valence-corrected chi connectivity index (χ4v) is 3.28. The van der Waals surface area contributed by atoms with Crippen LogP contribution in [0.5, 0.6) is 0 Å². The molecule has 0 aliphatic carbocycles. The smallest absolute Gasteiger partial charge is 0.337 e. The summed E-state index contributed by atoms with van der Waals surface area (Å²) in [6, 6.07) is 3.96. The van der Waals surface area contributed by atoms with Gasteiger partial charge in [-0.2, -0.15) is 0 Å². The molecule has 2 aromatic rings. The Hall–Kier alpha value is -1.85. The highest BCUT2D eigenvalue weighted by molar-refractivity contribution is 6.04. The number of benzene rings is 1. The monoisotopic (exact) mass is 331 g/mol. The third-order valence-corrected chi connectivity index (χ3v) is 4.63. The van der Waals surface area contributed by atoms with E-state index in [-0.39, 0.29) is 5.41 Å². The van der Waals surface area contributed by atoms with Crippen molar-refractivity contribution in [3.05, 3.63) is 34.5 Å². The van der Waals surface area contributed by atoms with Gasteiger partial charge in [-0.3, -0.25) is 0 Å². The summed E-state index contributed by atoms with van der Waals surface area (Å²) in [5, 5.41) is 10.8. The van der Waals surface area contributed by atoms with Crippen molar-refractivity contribution >= 4 is 16.9 Å². The molecule has 1 heterocycles. The van der Waals surface area contributed by atoms with Crippen LogP contribution in [0.4, 0.5) is 0 Å². The van der Waals surface area contributed by atoms with Gasteiger partial charge in [-0.25, -0.2) is 4.79 Å². The number of hydrogen-bond acceptors (Lipinski definition) is 3. The van der Waals surface area contributed by atoms with E-state index in [2.05, 4.69) is 31.4 Å². The Balaban J connectivity index is 2.87. The number of aromatic nitrogens is 1. The molecule has 5 N–H and O–H groups in total. The SMILES string of the molecule is Cc1c(CCCN)c2cc(C(C)(C)C)cc(C(=O)O)c2n1CCN. The van der Waals surface area contributed by atoms with Crippen molar-refractivity contribution in [2.24, 2.45) is 11.5 Å². The summed E-state index contributed by atoms with van der Waals surface area (Å²) in [6.07, 6.45) is 1.73. The second-order valence-corrected chi connectivity index (χ2v) is 7.37. The molecule has 0 unspecified atom stereocenters. The molecule has 0 saturated carbocycles. The topological polar surface area (TPSA) is 94.3 Å². The van der Waals surface area contributed by atoms with Crippen molar-refractivity contribution in [3.63, 3.8) is 0 Å². The van der Waals surface area contributed by atoms with E-state index in [9.17, 15) is 9.90 Å². The van der Waals surface area contributed by atoms with Crippen molar-refractivity contribution in [2.45, 2.75) is 52.5 Å². The summed E-state index contributed by atoms with van der Waals surface area (Å²) in [5.74, 6) is -0.896. The predicted molar refractivity (Wildman–Crippen MR) is 98.8 cm³/mol. The van der Waals surface area contributed by atoms with Gasteiger partial charge in [-0.15, -0.1) is 0 Å². The second-order valence-electron chi connectivity index (χ2n) is 7.37. The Morgan fingerprint density at radius 1 is 1.21 bits per heavy atom. The molecule has 0 spiro atoms. The number of nitrogens with two attached hydrogens (primary N) is 2. The van der Waals surface area contributed by atoms with Crippen LogP contribution in [0.25, 0.3) is 10.9 Å². The highest BCUT2D eigenvalue weighted by atomic mass is 16.4. The largest absolute Gasteiger partial charge is 0.478 e. The Morgan fingerprint density at radius 3 is 2.38 bits per heavy atom. The minimum absolute atomic E-state index is 0.118. The van der Waals surface area contributed by atoms with E-state index in [1.165, 1.54) is 5.56 Å². The minimum Gasteiger partial charge on any atom is -0.478 e. The molecular weight excluding hydrogens is 302 g/mol. The summed E-state index contributed by atoms with van der Waals surface area (Å²) in [6.45, 7) is 10.0. The molecule has 0 fully saturated rings. The van der Waals surface area contributed by atoms with Gasteiger partial charge in [-0.1, -0.05) is 20.8 Å². The number of rotatable bonds is 6. The van der Waals surface area contributed by atoms with Gasteiger partial charge in [-0.05, 0) is 55.0 Å². The molecule has 0 aliphatic rings. The minimum atomic E-state index is -0.896. The lowest BCUT2D eigenvalue weighted by Crippen LogP contribution is -2.15. The number of aryl methyl sites for hydroxylation is 1. The summed E-state index contributed by atoms with van der Waals surface area (Å²) in [7, 11) is 0. The number of hydrogen-bond donors (Lipinski definition) is 3. The number of fused-ring (bicyclic) bond motifs is 1. The Labute approximate surface area is 143 Å². The van der Waals surface area contributed by atoms with Gasteiger partial charge in [0.15, 0.2) is 0 Å². The van der Waals surface area contributed by atoms with Crippen LogP contribution in [0.1, 0.15) is 54.4 Å². The Kier molecular flexibility index (Phi) is 5.35. The number of nitrogens with zero attached hydrogens (tertiary/aromatic N) is 1. The number of carboxylic acid groups (broad SMARTS) is 1. The van der Waals surface area contributed by atoms with Crippen molar-refractivity contribution < 1.29 is 9.90 Å². The van der Waals surface area contributed by atoms with Gasteiger partial charge in [0.1, 0.15) is 0 Å². The molecule has 0 radical (unpaired) electrons. The summed E-state index contributed by atoms with van der Waals surface area (Å²) >= 11 is 0. The lowest BCUT2D eigenvalue weighted by Gasteiger charge is -2.20. The normalized spacial score (nSPS) is 12.1. The first kappa shape index (κ1) is 18.5. The molecule has 0 amide bonds. The van der Waals surface area contributed by atoms with Crippen LogP contribution in [0.3, 0.4) is 0 Å². The van der Waals surface area contributed by atoms with E-state index in [0.717, 1.165) is 35.0 Å². The third kappa shape index (κ3) is 3.32. The van der Waals surface area contributed by atoms with E-state index in [1.54, 1.807) is 0 Å². The molecule has 132 valence electrons. The molecule has 1 aromatic carbocycles. The van der Waals surface area contributed by atoms with Crippen LogP contribution in [0.15, 0.2) is 12.1 Å². The van der Waals surface area contributed by atoms with Gasteiger partial charge in [0.25, 0.3) is 0 Å². The highest BCUT2D eigenvalue weighted by Crippen LogP contribution is 2.34. The summed E-state index contributed by atoms with van der Waals surface area (Å²) < 4.78 is 2.05. The van der Waals surface area contributed by atoms with E-state index in [0.29, 0.717) is 25.2 Å². The maximum atomic E-state index is 11.9. The zero-order valence-electron chi connectivity index (χ0n) is 15.1. The van der Waals surface area contributed by atoms with Crippen LogP contribution in [0.2, 0.25) is 0 Å². The van der Waals surface area contributed by atoms with Crippen LogP contribution in [-0.2, 0) is 18.4 Å². The van der Waals surface area contributed by atoms with Crippen LogP contribution >= 0.6 is 0 Å². The molecule has 0 saturated heterocycles. The van der Waals surface area contributed by atoms with E-state index in [4.69, 9.17) is 11.5 Å². The third-order valence-electron chi connectivity index (χ3n) is 4.63. The fraction of sp³-hybridized carbons (Fsp3) is 0.526. The van der Waals surface area contributed by atoms with E-state index in [1.807, 2.05) is 13.0 Å². The van der Waals surface area contributed by atoms with Crippen LogP contribution in [-0.4, -0.2) is 28.7 Å². The van der Waals surface area contributed by atoms with Crippen LogP contribution < -0.4 is 11.5 Å². The van der Waals surface area contributed by atoms with Gasteiger partial charge in [0.2, 0.25) is 0 Å². The van der Waals surface area contributed by atoms with Gasteiger partial charge in [0, 0.05) is 24.2 Å². The van der Waals surface area contributed by atoms with Crippen molar-refractivity contribution in [2.75, 3.05) is 13.1 Å². The molecule has 0 bridgehead atoms. The van der Waals surface area contributed by atoms with Crippen molar-refractivity contribution in [1.82, 2.24) is 4.57 Å². The second kappa shape index (κ2) is 6.95. The average Bonchev–Trinajstić information content (AvgIpc) is 2.76. The van der Waals surface area contributed by atoms with Gasteiger partial charge in [0.05, 0.1) is 11.1 Å². The zero-order valence-corrected chi connectivity index (χ0v) is 15.1. The number of carbonyl (C=O) groups is 1. The fourth-order valence-electron chi connectivity index (χ4n) is 3.28. The van der Waals surface area contributed by atoms with E-state index >= 15 is 0 Å². The molecule has 2 rings (SSSR count). The van der Waals surface area contributed by atoms with Gasteiger partial charge < -0.3 is 21.1 Å². The summed E-state index contributed by atoms with van der Waals surface area (Å²) in [4.78, 5) is 11.9.